The van der Waals surface area contributed by atoms with Gasteiger partial charge in [-0.1, -0.05) is 13.0 Å². The van der Waals surface area contributed by atoms with Crippen molar-refractivity contribution >= 4 is 5.78 Å². The lowest BCUT2D eigenvalue weighted by Crippen LogP contribution is -2.35. The highest BCUT2D eigenvalue weighted by Gasteiger charge is 2.21. The van der Waals surface area contributed by atoms with Crippen LogP contribution in [0.1, 0.15) is 61.5 Å². The fourth-order valence-corrected chi connectivity index (χ4v) is 4.39. The Morgan fingerprint density at radius 3 is 2.85 bits per heavy atom. The summed E-state index contributed by atoms with van der Waals surface area (Å²) in [7, 11) is 0. The first kappa shape index (κ1) is 18.3. The van der Waals surface area contributed by atoms with Crippen LogP contribution in [-0.2, 0) is 6.42 Å². The van der Waals surface area contributed by atoms with Gasteiger partial charge in [0.1, 0.15) is 12.4 Å². The van der Waals surface area contributed by atoms with Gasteiger partial charge in [0.25, 0.3) is 0 Å². The molecule has 0 atom stereocenters. The second-order valence-electron chi connectivity index (χ2n) is 8.08. The molecule has 0 bridgehead atoms. The molecule has 0 saturated heterocycles. The summed E-state index contributed by atoms with van der Waals surface area (Å²) in [5.74, 6) is 2.04. The highest BCUT2D eigenvalue weighted by atomic mass is 16.5. The molecule has 0 unspecified atom stereocenters. The number of nitrogens with one attached hydrogen (secondary N) is 1. The maximum Gasteiger partial charge on any atom is 0.164 e. The smallest absolute Gasteiger partial charge is 0.164 e. The molecule has 4 nitrogen and oxygen atoms in total. The van der Waals surface area contributed by atoms with Crippen LogP contribution < -0.4 is 10.1 Å². The number of carbonyl (C=O) groups excluding carboxylic acids is 1. The number of fused-ring (bicyclic) bond motifs is 1. The van der Waals surface area contributed by atoms with Crippen molar-refractivity contribution in [3.8, 4) is 11.4 Å². The van der Waals surface area contributed by atoms with Crippen LogP contribution in [0.5, 0.6) is 5.75 Å². The first-order chi connectivity index (χ1) is 13.2. The van der Waals surface area contributed by atoms with Gasteiger partial charge in [-0.3, -0.25) is 4.79 Å². The number of hydrogen-bond acceptors (Lipinski definition) is 3. The van der Waals surface area contributed by atoms with Crippen molar-refractivity contribution in [1.29, 1.82) is 0 Å². The van der Waals surface area contributed by atoms with E-state index < -0.39 is 0 Å². The van der Waals surface area contributed by atoms with Gasteiger partial charge in [-0.25, -0.2) is 0 Å². The number of ketones is 1. The van der Waals surface area contributed by atoms with E-state index in [9.17, 15) is 4.79 Å². The van der Waals surface area contributed by atoms with E-state index in [1.807, 2.05) is 24.4 Å². The molecule has 1 fully saturated rings. The van der Waals surface area contributed by atoms with Gasteiger partial charge in [-0.15, -0.1) is 0 Å². The van der Waals surface area contributed by atoms with E-state index in [-0.39, 0.29) is 5.78 Å². The molecule has 0 spiro atoms. The zero-order valence-electron chi connectivity index (χ0n) is 16.2. The van der Waals surface area contributed by atoms with Crippen LogP contribution >= 0.6 is 0 Å². The van der Waals surface area contributed by atoms with Crippen molar-refractivity contribution in [3.63, 3.8) is 0 Å². The van der Waals surface area contributed by atoms with E-state index in [0.29, 0.717) is 19.1 Å². The summed E-state index contributed by atoms with van der Waals surface area (Å²) in [6.45, 7) is 3.92. The number of hydrogen-bond donors (Lipinski definition) is 1. The van der Waals surface area contributed by atoms with Gasteiger partial charge >= 0.3 is 0 Å². The van der Waals surface area contributed by atoms with Gasteiger partial charge in [0.05, 0.1) is 0 Å². The molecular formula is C23H30N2O2. The van der Waals surface area contributed by atoms with Crippen molar-refractivity contribution in [2.45, 2.75) is 57.9 Å². The van der Waals surface area contributed by atoms with Gasteiger partial charge in [-0.05, 0) is 62.6 Å². The molecule has 0 radical (unpaired) electrons. The van der Waals surface area contributed by atoms with Gasteiger partial charge in [0.15, 0.2) is 5.78 Å². The first-order valence-corrected chi connectivity index (χ1v) is 10.4. The molecule has 1 saturated carbocycles. The lowest BCUT2D eigenvalue weighted by Gasteiger charge is -2.27. The van der Waals surface area contributed by atoms with Crippen LogP contribution in [0.3, 0.4) is 0 Å². The topological polar surface area (TPSA) is 43.3 Å². The monoisotopic (exact) mass is 366 g/mol. The number of ether oxygens (including phenoxy) is 1. The molecule has 2 aromatic rings. The minimum Gasteiger partial charge on any atom is -0.492 e. The second-order valence-corrected chi connectivity index (χ2v) is 8.08. The predicted octanol–water partition coefficient (Wildman–Crippen LogP) is 4.54. The third kappa shape index (κ3) is 4.27. The van der Waals surface area contributed by atoms with E-state index in [2.05, 4.69) is 28.9 Å². The first-order valence-electron chi connectivity index (χ1n) is 10.4. The van der Waals surface area contributed by atoms with Crippen LogP contribution in [0.15, 0.2) is 36.5 Å². The Morgan fingerprint density at radius 2 is 2.00 bits per heavy atom. The summed E-state index contributed by atoms with van der Waals surface area (Å²) >= 11 is 0. The normalized spacial score (nSPS) is 22.5. The average Bonchev–Trinajstić information content (AvgIpc) is 3.12. The van der Waals surface area contributed by atoms with Gasteiger partial charge in [-0.2, -0.15) is 0 Å². The lowest BCUT2D eigenvalue weighted by atomic mass is 9.87. The maximum atomic E-state index is 12.1. The van der Waals surface area contributed by atoms with E-state index in [4.69, 9.17) is 4.74 Å². The van der Waals surface area contributed by atoms with Crippen LogP contribution in [0, 0.1) is 5.92 Å². The molecule has 0 aliphatic heterocycles. The molecule has 144 valence electrons. The van der Waals surface area contributed by atoms with Crippen molar-refractivity contribution < 1.29 is 9.53 Å². The van der Waals surface area contributed by atoms with E-state index >= 15 is 0 Å². The molecule has 2 aliphatic carbocycles. The Bertz CT molecular complexity index is 787. The number of nitrogens with zero attached hydrogens (tertiary/aromatic N) is 1. The molecule has 1 aromatic heterocycles. The van der Waals surface area contributed by atoms with Crippen LogP contribution in [0.4, 0.5) is 0 Å². The number of rotatable bonds is 6. The zero-order chi connectivity index (χ0) is 18.6. The zero-order valence-corrected chi connectivity index (χ0v) is 16.2. The maximum absolute atomic E-state index is 12.1. The third-order valence-electron chi connectivity index (χ3n) is 6.03. The third-order valence-corrected chi connectivity index (χ3v) is 6.03. The highest BCUT2D eigenvalue weighted by molar-refractivity contribution is 5.98. The van der Waals surface area contributed by atoms with E-state index in [1.165, 1.54) is 25.7 Å². The Morgan fingerprint density at radius 1 is 1.15 bits per heavy atom. The Balaban J connectivity index is 1.34. The molecule has 2 aliphatic rings. The van der Waals surface area contributed by atoms with Crippen molar-refractivity contribution in [1.82, 2.24) is 9.88 Å². The van der Waals surface area contributed by atoms with Crippen LogP contribution in [0.25, 0.3) is 5.69 Å². The molecule has 0 amide bonds. The van der Waals surface area contributed by atoms with Crippen molar-refractivity contribution in [2.75, 3.05) is 13.2 Å². The van der Waals surface area contributed by atoms with Crippen LogP contribution in [0.2, 0.25) is 0 Å². The average molecular weight is 367 g/mol. The lowest BCUT2D eigenvalue weighted by molar-refractivity contribution is 0.0972. The fourth-order valence-electron chi connectivity index (χ4n) is 4.39. The van der Waals surface area contributed by atoms with Crippen LogP contribution in [-0.4, -0.2) is 29.5 Å². The van der Waals surface area contributed by atoms with Crippen molar-refractivity contribution in [3.05, 3.63) is 47.8 Å². The number of Topliss-reactive ketones (excluding diaryl/α,β-unsaturated/α-hetero) is 1. The molecule has 27 heavy (non-hydrogen) atoms. The molecule has 1 N–H and O–H groups in total. The summed E-state index contributed by atoms with van der Waals surface area (Å²) in [6, 6.07) is 10.8. The van der Waals surface area contributed by atoms with Gasteiger partial charge < -0.3 is 14.6 Å². The summed E-state index contributed by atoms with van der Waals surface area (Å²) in [4.78, 5) is 12.1. The summed E-state index contributed by atoms with van der Waals surface area (Å²) in [5, 5.41) is 3.63. The van der Waals surface area contributed by atoms with Gasteiger partial charge in [0, 0.05) is 48.2 Å². The molecule has 1 aromatic carbocycles. The number of carbonyl (C=O) groups is 1. The summed E-state index contributed by atoms with van der Waals surface area (Å²) in [6.07, 6.45) is 9.84. The molecule has 1 heterocycles. The fraction of sp³-hybridized carbons (Fsp3) is 0.522. The number of aromatic nitrogens is 1. The minimum absolute atomic E-state index is 0.269. The molecule has 4 heteroatoms. The minimum atomic E-state index is 0.269. The van der Waals surface area contributed by atoms with E-state index in [0.717, 1.165) is 48.0 Å². The second kappa shape index (κ2) is 8.30. The Hall–Kier alpha value is -2.07. The molecule has 4 rings (SSSR count). The summed E-state index contributed by atoms with van der Waals surface area (Å²) in [5.41, 5.74) is 3.09. The van der Waals surface area contributed by atoms with Gasteiger partial charge in [0.2, 0.25) is 0 Å². The van der Waals surface area contributed by atoms with E-state index in [1.54, 1.807) is 0 Å². The number of benzene rings is 1. The Kier molecular flexibility index (Phi) is 5.63. The quantitative estimate of drug-likeness (QED) is 0.763. The highest BCUT2D eigenvalue weighted by Crippen LogP contribution is 2.27. The predicted molar refractivity (Wildman–Crippen MR) is 108 cm³/mol. The largest absolute Gasteiger partial charge is 0.492 e. The molecular weight excluding hydrogens is 336 g/mol. The standard InChI is InChI=1S/C23H30N2O2/c1-17-8-10-18(11-9-17)24-13-15-27-20-5-2-4-19(16-20)25-14-12-21-22(25)6-3-7-23(21)26/h2,4-5,12,14,16-18,24H,3,6-11,13,15H2,1H3. The van der Waals surface area contributed by atoms with Crippen molar-refractivity contribution in [2.24, 2.45) is 5.92 Å². The Labute approximate surface area is 161 Å². The summed E-state index contributed by atoms with van der Waals surface area (Å²) < 4.78 is 8.12. The SMILES string of the molecule is CC1CCC(NCCOc2cccc(-n3ccc4c3CCCC4=O)c2)CC1.